The highest BCUT2D eigenvalue weighted by Gasteiger charge is 2.35. The van der Waals surface area contributed by atoms with Gasteiger partial charge in [0.2, 0.25) is 23.8 Å². The summed E-state index contributed by atoms with van der Waals surface area (Å²) in [5.74, 6) is 2.29. The minimum atomic E-state index is -0.0647. The number of likely N-dealkylation sites (N-methyl/N-ethyl adjacent to an activating group) is 1. The molecule has 4 saturated heterocycles. The molecule has 4 aliphatic heterocycles. The molecule has 0 radical (unpaired) electrons. The number of halogens is 4. The molecule has 4 fully saturated rings. The number of rotatable bonds is 26. The zero-order valence-electron chi connectivity index (χ0n) is 75.6. The molecule has 3 amide bonds. The lowest BCUT2D eigenvalue weighted by molar-refractivity contribution is 0.0291. The van der Waals surface area contributed by atoms with E-state index >= 15 is 0 Å². The minimum Gasteiger partial charge on any atom is -0.381 e. The lowest BCUT2D eigenvalue weighted by atomic mass is 9.93. The smallest absolute Gasteiger partial charge is 0.270 e. The average molecular weight is 1900 g/mol. The van der Waals surface area contributed by atoms with Crippen LogP contribution in [0.25, 0.3) is 89.2 Å². The van der Waals surface area contributed by atoms with Gasteiger partial charge in [-0.25, -0.2) is 59.8 Å². The minimum absolute atomic E-state index is 0.00317. The summed E-state index contributed by atoms with van der Waals surface area (Å²) in [5.41, 5.74) is 13.9. The van der Waals surface area contributed by atoms with Crippen LogP contribution in [0.15, 0.2) is 172 Å². The third-order valence-corrected chi connectivity index (χ3v) is 24.9. The van der Waals surface area contributed by atoms with Crippen molar-refractivity contribution in [3.05, 3.63) is 215 Å². The maximum absolute atomic E-state index is 13.0. The van der Waals surface area contributed by atoms with Crippen molar-refractivity contribution in [2.24, 2.45) is 34.1 Å². The number of Topliss-reactive ketones (excluding diaryl/α,β-unsaturated/α-hetero) is 1. The molecule has 0 atom stereocenters. The number of carbonyl (C=O) groups excluding carboxylic acids is 4. The van der Waals surface area contributed by atoms with Crippen LogP contribution in [0.3, 0.4) is 0 Å². The van der Waals surface area contributed by atoms with Crippen molar-refractivity contribution in [1.29, 1.82) is 0 Å². The molecular formula is C95H103Cl4N29O7. The lowest BCUT2D eigenvalue weighted by Gasteiger charge is -2.44. The number of likely N-dealkylation sites (tertiary alicyclic amines) is 1. The van der Waals surface area contributed by atoms with Crippen LogP contribution < -0.4 is 21.3 Å². The molecule has 8 N–H and O–H groups in total. The second-order valence-corrected chi connectivity index (χ2v) is 35.2. The van der Waals surface area contributed by atoms with Gasteiger partial charge in [-0.3, -0.25) is 29.0 Å². The Morgan fingerprint density at radius 3 is 1.19 bits per heavy atom. The first-order chi connectivity index (χ1) is 65.5. The molecule has 40 heteroatoms. The number of carbonyl (C=O) groups is 4. The predicted molar refractivity (Wildman–Crippen MR) is 523 cm³/mol. The van der Waals surface area contributed by atoms with E-state index in [2.05, 4.69) is 125 Å². The SMILES string of the molecule is CCN(CC)C1CN(C(=O)c2cc3cc(Nc4nccc(-c5cn(C)cn5)n4)cc(Cl)c3[nH]2)C1.CN(CCCN1CCOCC1)C(=O)c1cc2cc(Nc3nccc(-c4cn(C)cn4)n3)cc(Cl)c2[nH]1.Cn1cnc(-c2ccnc(Nc3cc(Cl)c4[nH]c(C(=O)CCC5CCOCC5)cc4c3)n2)c1.Cn1cnc(-c2ccnc(Nc3cc(Cl)c4[nH]c(C(=O)N5CCCOCC5)cc4c3)n2)c1. The Morgan fingerprint density at radius 2 is 0.793 bits per heavy atom. The number of aryl methyl sites for hydroxylation is 4. The van der Waals surface area contributed by atoms with Gasteiger partial charge in [0, 0.05) is 214 Å². The Labute approximate surface area is 797 Å². The number of imidazole rings is 4. The molecule has 698 valence electrons. The maximum Gasteiger partial charge on any atom is 0.270 e. The van der Waals surface area contributed by atoms with Gasteiger partial charge in [-0.1, -0.05) is 60.3 Å². The number of ether oxygens (including phenoxy) is 3. The van der Waals surface area contributed by atoms with Gasteiger partial charge in [-0.2, -0.15) is 0 Å². The normalized spacial score (nSPS) is 14.4. The summed E-state index contributed by atoms with van der Waals surface area (Å²) in [6, 6.07) is 29.9. The van der Waals surface area contributed by atoms with Crippen molar-refractivity contribution in [3.8, 4) is 45.6 Å². The van der Waals surface area contributed by atoms with Crippen LogP contribution >= 0.6 is 46.4 Å². The molecule has 0 aliphatic carbocycles. The number of nitrogens with zero attached hydrogens (tertiary/aromatic N) is 21. The van der Waals surface area contributed by atoms with Gasteiger partial charge in [0.25, 0.3) is 17.7 Å². The third-order valence-electron chi connectivity index (χ3n) is 23.8. The highest BCUT2D eigenvalue weighted by atomic mass is 35.5. The maximum atomic E-state index is 13.0. The van der Waals surface area contributed by atoms with E-state index in [1.54, 1.807) is 79.3 Å². The fourth-order valence-corrected chi connectivity index (χ4v) is 17.7. The first-order valence-corrected chi connectivity index (χ1v) is 46.2. The highest BCUT2D eigenvalue weighted by Crippen LogP contribution is 2.37. The molecule has 0 spiro atoms. The second kappa shape index (κ2) is 42.8. The molecule has 4 aliphatic rings. The van der Waals surface area contributed by atoms with Crippen LogP contribution in [0, 0.1) is 5.92 Å². The van der Waals surface area contributed by atoms with Crippen LogP contribution in [0.4, 0.5) is 46.5 Å². The summed E-state index contributed by atoms with van der Waals surface area (Å²) < 4.78 is 23.7. The first-order valence-electron chi connectivity index (χ1n) is 44.7. The van der Waals surface area contributed by atoms with Crippen molar-refractivity contribution in [3.63, 3.8) is 0 Å². The number of amides is 3. The average Bonchev–Trinajstić information content (AvgIpc) is 1.65. The van der Waals surface area contributed by atoms with Crippen molar-refractivity contribution >= 4 is 160 Å². The zero-order valence-corrected chi connectivity index (χ0v) is 78.7. The largest absolute Gasteiger partial charge is 0.381 e. The third kappa shape index (κ3) is 23.1. The number of benzene rings is 4. The quantitative estimate of drug-likeness (QED) is 0.0233. The van der Waals surface area contributed by atoms with Crippen molar-refractivity contribution in [2.45, 2.75) is 58.4 Å². The van der Waals surface area contributed by atoms with E-state index in [0.717, 1.165) is 205 Å². The van der Waals surface area contributed by atoms with E-state index in [9.17, 15) is 19.2 Å². The van der Waals surface area contributed by atoms with Gasteiger partial charge in [0.15, 0.2) is 5.78 Å². The first kappa shape index (κ1) is 93.3. The molecular weight excluding hydrogens is 1800 g/mol. The number of anilines is 8. The Morgan fingerprint density at radius 1 is 0.430 bits per heavy atom. The number of H-pyrrole nitrogens is 4. The van der Waals surface area contributed by atoms with Crippen LogP contribution in [0.1, 0.15) is 94.3 Å². The van der Waals surface area contributed by atoms with E-state index in [1.165, 1.54) is 0 Å². The van der Waals surface area contributed by atoms with E-state index < -0.39 is 0 Å². The number of hydrogen-bond donors (Lipinski definition) is 8. The molecule has 12 aromatic heterocycles. The molecule has 16 heterocycles. The number of fused-ring (bicyclic) bond motifs is 4. The van der Waals surface area contributed by atoms with Gasteiger partial charge >= 0.3 is 0 Å². The molecule has 0 saturated carbocycles. The van der Waals surface area contributed by atoms with Gasteiger partial charge < -0.3 is 88.4 Å². The van der Waals surface area contributed by atoms with Gasteiger partial charge in [-0.05, 0) is 148 Å². The van der Waals surface area contributed by atoms with E-state index in [4.69, 9.17) is 60.6 Å². The molecule has 135 heavy (non-hydrogen) atoms. The lowest BCUT2D eigenvalue weighted by Crippen LogP contribution is -2.61. The number of aromatic amines is 4. The van der Waals surface area contributed by atoms with Crippen molar-refractivity contribution in [1.82, 2.24) is 123 Å². The summed E-state index contributed by atoms with van der Waals surface area (Å²) in [6.45, 7) is 17.0. The highest BCUT2D eigenvalue weighted by molar-refractivity contribution is 6.37. The van der Waals surface area contributed by atoms with Gasteiger partial charge in [0.05, 0.1) is 116 Å². The van der Waals surface area contributed by atoms with Crippen LogP contribution in [-0.2, 0) is 42.4 Å². The molecule has 16 aromatic rings. The molecule has 36 nitrogen and oxygen atoms in total. The monoisotopic (exact) mass is 1900 g/mol. The summed E-state index contributed by atoms with van der Waals surface area (Å²) >= 11 is 26.2. The number of nitrogens with one attached hydrogen (secondary N) is 8. The Hall–Kier alpha value is -13.6. The summed E-state index contributed by atoms with van der Waals surface area (Å²) in [7, 11) is 9.47. The number of ketones is 1. The molecule has 20 rings (SSSR count). The topological polar surface area (TPSA) is 398 Å². The molecule has 0 bridgehead atoms. The second-order valence-electron chi connectivity index (χ2n) is 33.6. The van der Waals surface area contributed by atoms with Gasteiger partial charge in [-0.15, -0.1) is 0 Å². The van der Waals surface area contributed by atoms with Crippen LogP contribution in [0.5, 0.6) is 0 Å². The number of morpholine rings is 1. The Kier molecular flexibility index (Phi) is 29.5. The fourth-order valence-electron chi connectivity index (χ4n) is 16.6. The standard InChI is InChI=1S/C25H29ClN8O2.C24H27ClN8O.C24H25ClN6O2.C22H22ClN7O2/c1-32-15-22(28-16-32)20-4-5-27-25(31-20)29-18-12-17-13-21(30-23(17)19(26)14-18)24(35)33(2)6-3-7-34-8-10-36-11-9-34;1-4-32(5-2)17-11-33(12-17)23(34)20-9-15-8-16(10-18(25)22(15)29-20)28-24-26-7-6-19(30-24)21-13-31(3)14-27-21;1-31-13-21(27-14-31)19-4-7-26-24(30-19)28-17-10-16-11-20(29-23(16)18(25)12-17)22(32)3-2-15-5-8-33-9-6-15;1-29-12-19(25-13-29)17-3-4-24-22(28-17)26-15-9-14-10-18(27-20(14)16(23)11-15)21(31)30-5-2-7-32-8-6-30/h4-5,12-16,30H,3,6-11H2,1-2H3,(H,27,29,31);6-10,13-14,17,29H,4-5,11-12H2,1-3H3,(H,26,28,30);4,7,10-15,29H,2-3,5-6,8-9H2,1H3,(H,26,28,30);3-4,9-13,27H,2,5-8H2,1H3,(H,24,26,28). The van der Waals surface area contributed by atoms with Crippen molar-refractivity contribution < 1.29 is 33.4 Å². The Balaban J connectivity index is 0.000000125. The fraction of sp³-hybridized carbons (Fsp3) is 0.326. The summed E-state index contributed by atoms with van der Waals surface area (Å²) in [6.07, 6.45) is 26.4. The van der Waals surface area contributed by atoms with Crippen LogP contribution in [0.2, 0.25) is 20.1 Å². The van der Waals surface area contributed by atoms with Gasteiger partial charge in [0.1, 0.15) is 39.9 Å². The van der Waals surface area contributed by atoms with E-state index in [0.29, 0.717) is 129 Å². The predicted octanol–water partition coefficient (Wildman–Crippen LogP) is 16.2. The number of aromatic nitrogens is 20. The summed E-state index contributed by atoms with van der Waals surface area (Å²) in [5, 5.41) is 18.2. The molecule has 0 unspecified atom stereocenters. The zero-order chi connectivity index (χ0) is 93.8. The number of hydrogen-bond acceptors (Lipinski definition) is 25. The van der Waals surface area contributed by atoms with Crippen molar-refractivity contribution in [2.75, 3.05) is 133 Å². The van der Waals surface area contributed by atoms with E-state index in [-0.39, 0.29) is 23.5 Å². The Bertz CT molecular complexity index is 6890. The van der Waals surface area contributed by atoms with E-state index in [1.807, 2.05) is 161 Å². The summed E-state index contributed by atoms with van der Waals surface area (Å²) in [4.78, 5) is 127. The molecule has 4 aromatic carbocycles. The van der Waals surface area contributed by atoms with Crippen LogP contribution in [-0.4, -0.2) is 264 Å².